The molecule has 0 unspecified atom stereocenters. The number of nitrogens with zero attached hydrogens (tertiary/aromatic N) is 4. The van der Waals surface area contributed by atoms with E-state index in [-0.39, 0.29) is 16.2 Å². The molecule has 2 aromatic rings. The Labute approximate surface area is 131 Å². The SMILES string of the molecule is Cc1nn(CC(F)F)cc1C(=O)NS(=O)(=O)c1cnn(C)c1C. The second kappa shape index (κ2) is 6.07. The van der Waals surface area contributed by atoms with Gasteiger partial charge in [0, 0.05) is 13.2 Å². The van der Waals surface area contributed by atoms with Crippen molar-refractivity contribution in [3.05, 3.63) is 29.3 Å². The van der Waals surface area contributed by atoms with Crippen LogP contribution in [0.1, 0.15) is 21.7 Å². The number of nitrogens with one attached hydrogen (secondary N) is 1. The van der Waals surface area contributed by atoms with Crippen LogP contribution in [-0.4, -0.2) is 40.3 Å². The zero-order valence-electron chi connectivity index (χ0n) is 12.6. The first-order valence-corrected chi connectivity index (χ1v) is 7.98. The molecule has 0 aliphatic heterocycles. The van der Waals surface area contributed by atoms with Gasteiger partial charge in [-0.15, -0.1) is 0 Å². The molecule has 0 aliphatic rings. The number of halogens is 2. The highest BCUT2D eigenvalue weighted by Gasteiger charge is 2.25. The highest BCUT2D eigenvalue weighted by Crippen LogP contribution is 2.14. The van der Waals surface area contributed by atoms with E-state index < -0.39 is 28.9 Å². The molecular formula is C12H15F2N5O3S. The summed E-state index contributed by atoms with van der Waals surface area (Å²) in [5, 5.41) is 7.56. The van der Waals surface area contributed by atoms with Gasteiger partial charge in [0.25, 0.3) is 22.4 Å². The molecule has 0 aliphatic carbocycles. The van der Waals surface area contributed by atoms with Crippen LogP contribution in [0.3, 0.4) is 0 Å². The second-order valence-electron chi connectivity index (χ2n) is 4.89. The Morgan fingerprint density at radius 3 is 2.57 bits per heavy atom. The molecule has 0 bridgehead atoms. The lowest BCUT2D eigenvalue weighted by Crippen LogP contribution is -2.31. The number of amides is 1. The van der Waals surface area contributed by atoms with Crippen molar-refractivity contribution in [1.29, 1.82) is 0 Å². The fourth-order valence-electron chi connectivity index (χ4n) is 1.95. The van der Waals surface area contributed by atoms with Gasteiger partial charge in [-0.1, -0.05) is 0 Å². The van der Waals surface area contributed by atoms with Crippen molar-refractivity contribution in [2.24, 2.45) is 7.05 Å². The first kappa shape index (κ1) is 17.1. The van der Waals surface area contributed by atoms with E-state index in [0.29, 0.717) is 5.69 Å². The maximum absolute atomic E-state index is 12.3. The third-order valence-corrected chi connectivity index (χ3v) is 4.66. The molecule has 23 heavy (non-hydrogen) atoms. The van der Waals surface area contributed by atoms with Crippen LogP contribution in [0.15, 0.2) is 17.3 Å². The third kappa shape index (κ3) is 3.55. The van der Waals surface area contributed by atoms with Gasteiger partial charge in [-0.3, -0.25) is 14.2 Å². The lowest BCUT2D eigenvalue weighted by atomic mass is 10.2. The number of alkyl halides is 2. The van der Waals surface area contributed by atoms with E-state index in [4.69, 9.17) is 0 Å². The maximum atomic E-state index is 12.3. The molecule has 2 rings (SSSR count). The second-order valence-corrected chi connectivity index (χ2v) is 6.54. The van der Waals surface area contributed by atoms with E-state index in [2.05, 4.69) is 10.2 Å². The molecule has 0 spiro atoms. The molecule has 0 saturated heterocycles. The van der Waals surface area contributed by atoms with E-state index in [1.807, 2.05) is 4.72 Å². The molecule has 0 radical (unpaired) electrons. The molecule has 0 atom stereocenters. The van der Waals surface area contributed by atoms with Crippen LogP contribution in [0, 0.1) is 13.8 Å². The zero-order valence-corrected chi connectivity index (χ0v) is 13.4. The Kier molecular flexibility index (Phi) is 4.50. The third-order valence-electron chi connectivity index (χ3n) is 3.22. The largest absolute Gasteiger partial charge is 0.272 e. The standard InChI is InChI=1S/C12H15F2N5O3S/c1-7-9(5-19(16-7)6-11(13)14)12(20)17-23(21,22)10-4-15-18(3)8(10)2/h4-5,11H,6H2,1-3H3,(H,17,20). The fraction of sp³-hybridized carbons (Fsp3) is 0.417. The van der Waals surface area contributed by atoms with Crippen LogP contribution < -0.4 is 4.72 Å². The lowest BCUT2D eigenvalue weighted by Gasteiger charge is -2.05. The van der Waals surface area contributed by atoms with Crippen molar-refractivity contribution in [2.75, 3.05) is 0 Å². The summed E-state index contributed by atoms with van der Waals surface area (Å²) in [5.74, 6) is -0.939. The first-order chi connectivity index (χ1) is 10.6. The van der Waals surface area contributed by atoms with Gasteiger partial charge < -0.3 is 0 Å². The highest BCUT2D eigenvalue weighted by atomic mass is 32.2. The number of aryl methyl sites for hydroxylation is 2. The minimum atomic E-state index is -4.12. The average Bonchev–Trinajstić information content (AvgIpc) is 2.93. The normalized spacial score (nSPS) is 11.9. The molecule has 0 aromatic carbocycles. The molecule has 126 valence electrons. The van der Waals surface area contributed by atoms with E-state index >= 15 is 0 Å². The number of hydrogen-bond donors (Lipinski definition) is 1. The number of hydrogen-bond acceptors (Lipinski definition) is 5. The van der Waals surface area contributed by atoms with Crippen molar-refractivity contribution < 1.29 is 22.0 Å². The van der Waals surface area contributed by atoms with Crippen LogP contribution in [0.2, 0.25) is 0 Å². The molecule has 8 nitrogen and oxygen atoms in total. The fourth-order valence-corrected chi connectivity index (χ4v) is 3.12. The van der Waals surface area contributed by atoms with Gasteiger partial charge in [-0.2, -0.15) is 10.2 Å². The summed E-state index contributed by atoms with van der Waals surface area (Å²) in [5.41, 5.74) is 0.424. The van der Waals surface area contributed by atoms with Gasteiger partial charge >= 0.3 is 0 Å². The smallest absolute Gasteiger partial charge is 0.268 e. The predicted molar refractivity (Wildman–Crippen MR) is 75.6 cm³/mol. The van der Waals surface area contributed by atoms with Gasteiger partial charge in [-0.25, -0.2) is 21.9 Å². The molecule has 0 fully saturated rings. The number of carbonyl (C=O) groups is 1. The Morgan fingerprint density at radius 1 is 1.39 bits per heavy atom. The Hall–Kier alpha value is -2.30. The van der Waals surface area contributed by atoms with Crippen molar-refractivity contribution in [3.63, 3.8) is 0 Å². The quantitative estimate of drug-likeness (QED) is 0.855. The summed E-state index contributed by atoms with van der Waals surface area (Å²) >= 11 is 0. The van der Waals surface area contributed by atoms with Crippen molar-refractivity contribution >= 4 is 15.9 Å². The monoisotopic (exact) mass is 347 g/mol. The van der Waals surface area contributed by atoms with Crippen molar-refractivity contribution in [3.8, 4) is 0 Å². The maximum Gasteiger partial charge on any atom is 0.268 e. The van der Waals surface area contributed by atoms with E-state index in [0.717, 1.165) is 17.1 Å². The lowest BCUT2D eigenvalue weighted by molar-refractivity contribution is 0.0979. The summed E-state index contributed by atoms with van der Waals surface area (Å²) in [6.45, 7) is 2.29. The van der Waals surface area contributed by atoms with Crippen molar-refractivity contribution in [1.82, 2.24) is 24.3 Å². The van der Waals surface area contributed by atoms with E-state index in [1.165, 1.54) is 18.5 Å². The molecule has 11 heteroatoms. The molecular weight excluding hydrogens is 332 g/mol. The van der Waals surface area contributed by atoms with Crippen LogP contribution >= 0.6 is 0 Å². The summed E-state index contributed by atoms with van der Waals surface area (Å²) in [4.78, 5) is 12.0. The summed E-state index contributed by atoms with van der Waals surface area (Å²) in [7, 11) is -2.55. The van der Waals surface area contributed by atoms with Gasteiger partial charge in [0.15, 0.2) is 0 Å². The topological polar surface area (TPSA) is 98.9 Å². The highest BCUT2D eigenvalue weighted by molar-refractivity contribution is 7.90. The molecule has 1 N–H and O–H groups in total. The Morgan fingerprint density at radius 2 is 2.04 bits per heavy atom. The van der Waals surface area contributed by atoms with E-state index in [9.17, 15) is 22.0 Å². The van der Waals surface area contributed by atoms with Crippen molar-refractivity contribution in [2.45, 2.75) is 31.7 Å². The molecule has 0 saturated carbocycles. The number of aromatic nitrogens is 4. The number of carbonyl (C=O) groups excluding carboxylic acids is 1. The van der Waals surface area contributed by atoms with Gasteiger partial charge in [0.1, 0.15) is 11.4 Å². The number of rotatable bonds is 5. The molecule has 2 aromatic heterocycles. The summed E-state index contributed by atoms with van der Waals surface area (Å²) < 4.78 is 53.2. The predicted octanol–water partition coefficient (Wildman–Crippen LogP) is 0.617. The molecule has 1 amide bonds. The first-order valence-electron chi connectivity index (χ1n) is 6.49. The number of sulfonamides is 1. The minimum absolute atomic E-state index is 0.0873. The van der Waals surface area contributed by atoms with Gasteiger partial charge in [-0.05, 0) is 13.8 Å². The van der Waals surface area contributed by atoms with Crippen LogP contribution in [0.25, 0.3) is 0 Å². The Balaban J connectivity index is 2.25. The van der Waals surface area contributed by atoms with Crippen LogP contribution in [-0.2, 0) is 23.6 Å². The van der Waals surface area contributed by atoms with Crippen LogP contribution in [0.5, 0.6) is 0 Å². The van der Waals surface area contributed by atoms with Crippen LogP contribution in [0.4, 0.5) is 8.78 Å². The zero-order chi connectivity index (χ0) is 17.4. The summed E-state index contributed by atoms with van der Waals surface area (Å²) in [6.07, 6.45) is -0.424. The average molecular weight is 347 g/mol. The molecule has 2 heterocycles. The Bertz CT molecular complexity index is 841. The summed E-state index contributed by atoms with van der Waals surface area (Å²) in [6, 6.07) is 0. The van der Waals surface area contributed by atoms with E-state index in [1.54, 1.807) is 7.05 Å². The van der Waals surface area contributed by atoms with Gasteiger partial charge in [0.05, 0.1) is 23.1 Å². The van der Waals surface area contributed by atoms with Gasteiger partial charge in [0.2, 0.25) is 0 Å². The minimum Gasteiger partial charge on any atom is -0.272 e.